The molecular weight excluding hydrogens is 178 g/mol. The smallest absolute Gasteiger partial charge is 0.124 e. The third-order valence-electron chi connectivity index (χ3n) is 1.09. The maximum atomic E-state index is 8.96. The molecule has 0 fully saturated rings. The second-order valence-electron chi connectivity index (χ2n) is 1.70. The van der Waals surface area contributed by atoms with Gasteiger partial charge in [0.2, 0.25) is 0 Å². The summed E-state index contributed by atoms with van der Waals surface area (Å²) < 4.78 is 0. The molecule has 3 heteroatoms. The van der Waals surface area contributed by atoms with Crippen LogP contribution in [0.4, 0.5) is 0 Å². The minimum atomic E-state index is 0. The topological polar surface area (TPSA) is 44.1 Å². The van der Waals surface area contributed by atoms with Gasteiger partial charge in [-0.25, -0.2) is 0 Å². The average Bonchev–Trinajstić information content (AvgIpc) is 1.89. The van der Waals surface area contributed by atoms with Gasteiger partial charge in [0.1, 0.15) is 5.75 Å². The summed E-state index contributed by atoms with van der Waals surface area (Å²) in [5, 5.41) is 15.8. The van der Waals surface area contributed by atoms with Crippen LogP contribution >= 0.6 is 0 Å². The molecule has 1 radical (unpaired) electrons. The number of aromatic hydroxyl groups is 1. The molecule has 0 bridgehead atoms. The molecular formula is C7H7CuNO. The molecule has 0 unspecified atom stereocenters. The molecule has 57 valence electrons. The number of phenols is 1. The first kappa shape index (κ1) is 9.21. The van der Waals surface area contributed by atoms with Crippen molar-refractivity contribution >= 4 is 6.21 Å². The number of hydrogen-bond donors (Lipinski definition) is 2. The van der Waals surface area contributed by atoms with Crippen LogP contribution < -0.4 is 0 Å². The van der Waals surface area contributed by atoms with Crippen LogP contribution in [0.3, 0.4) is 0 Å². The third-order valence-corrected chi connectivity index (χ3v) is 1.09. The van der Waals surface area contributed by atoms with Gasteiger partial charge in [0.25, 0.3) is 0 Å². The van der Waals surface area contributed by atoms with E-state index in [1.165, 1.54) is 0 Å². The van der Waals surface area contributed by atoms with Crippen LogP contribution in [0.15, 0.2) is 24.3 Å². The molecule has 1 aromatic carbocycles. The molecule has 0 aliphatic heterocycles. The first-order chi connectivity index (χ1) is 4.34. The van der Waals surface area contributed by atoms with Crippen molar-refractivity contribution in [2.24, 2.45) is 0 Å². The summed E-state index contributed by atoms with van der Waals surface area (Å²) in [6, 6.07) is 6.74. The monoisotopic (exact) mass is 184 g/mol. The Kier molecular flexibility index (Phi) is 3.77. The largest absolute Gasteiger partial charge is 0.507 e. The average molecular weight is 185 g/mol. The van der Waals surface area contributed by atoms with E-state index >= 15 is 0 Å². The fourth-order valence-corrected chi connectivity index (χ4v) is 0.610. The molecule has 0 heterocycles. The van der Waals surface area contributed by atoms with Crippen LogP contribution in [-0.2, 0) is 17.1 Å². The van der Waals surface area contributed by atoms with E-state index in [0.29, 0.717) is 5.56 Å². The van der Waals surface area contributed by atoms with E-state index in [0.717, 1.165) is 6.21 Å². The number of para-hydroxylation sites is 1. The van der Waals surface area contributed by atoms with E-state index in [1.807, 2.05) is 0 Å². The van der Waals surface area contributed by atoms with Crippen molar-refractivity contribution in [3.63, 3.8) is 0 Å². The Morgan fingerprint density at radius 3 is 2.30 bits per heavy atom. The Hall–Kier alpha value is -0.791. The van der Waals surface area contributed by atoms with Gasteiger partial charge in [0.05, 0.1) is 0 Å². The Morgan fingerprint density at radius 1 is 1.30 bits per heavy atom. The van der Waals surface area contributed by atoms with E-state index in [4.69, 9.17) is 10.5 Å². The van der Waals surface area contributed by atoms with Gasteiger partial charge in [-0.05, 0) is 12.1 Å². The number of nitrogens with one attached hydrogen (secondary N) is 1. The number of benzene rings is 1. The molecule has 0 aliphatic rings. The zero-order valence-electron chi connectivity index (χ0n) is 5.14. The molecule has 0 aliphatic carbocycles. The van der Waals surface area contributed by atoms with Gasteiger partial charge in [0.15, 0.2) is 0 Å². The second kappa shape index (κ2) is 4.09. The molecule has 0 amide bonds. The van der Waals surface area contributed by atoms with Crippen LogP contribution in [0, 0.1) is 5.41 Å². The SMILES string of the molecule is N=Cc1ccccc1O.[Cu]. The van der Waals surface area contributed by atoms with E-state index in [9.17, 15) is 0 Å². The van der Waals surface area contributed by atoms with Crippen LogP contribution in [0.5, 0.6) is 5.75 Å². The van der Waals surface area contributed by atoms with Crippen molar-refractivity contribution < 1.29 is 22.2 Å². The summed E-state index contributed by atoms with van der Waals surface area (Å²) in [6.07, 6.45) is 1.12. The molecule has 0 saturated carbocycles. The van der Waals surface area contributed by atoms with Crippen LogP contribution in [0.25, 0.3) is 0 Å². The van der Waals surface area contributed by atoms with E-state index < -0.39 is 0 Å². The molecule has 0 atom stereocenters. The molecule has 0 saturated heterocycles. The van der Waals surface area contributed by atoms with Crippen LogP contribution in [-0.4, -0.2) is 11.3 Å². The summed E-state index contributed by atoms with van der Waals surface area (Å²) in [7, 11) is 0. The van der Waals surface area contributed by atoms with Gasteiger partial charge in [-0.1, -0.05) is 12.1 Å². The fourth-order valence-electron chi connectivity index (χ4n) is 0.610. The van der Waals surface area contributed by atoms with E-state index in [-0.39, 0.29) is 22.8 Å². The van der Waals surface area contributed by atoms with Crippen LogP contribution in [0.1, 0.15) is 5.56 Å². The van der Waals surface area contributed by atoms with Gasteiger partial charge in [-0.3, -0.25) is 0 Å². The zero-order chi connectivity index (χ0) is 6.69. The van der Waals surface area contributed by atoms with Crippen molar-refractivity contribution in [1.29, 1.82) is 5.41 Å². The Morgan fingerprint density at radius 2 is 1.90 bits per heavy atom. The maximum Gasteiger partial charge on any atom is 0.124 e. The minimum Gasteiger partial charge on any atom is -0.507 e. The van der Waals surface area contributed by atoms with Gasteiger partial charge < -0.3 is 10.5 Å². The Labute approximate surface area is 69.9 Å². The summed E-state index contributed by atoms with van der Waals surface area (Å²) in [6.45, 7) is 0. The summed E-state index contributed by atoms with van der Waals surface area (Å²) >= 11 is 0. The van der Waals surface area contributed by atoms with Gasteiger partial charge in [-0.2, -0.15) is 0 Å². The van der Waals surface area contributed by atoms with E-state index in [2.05, 4.69) is 0 Å². The van der Waals surface area contributed by atoms with Crippen molar-refractivity contribution in [3.8, 4) is 5.75 Å². The minimum absolute atomic E-state index is 0. The molecule has 2 N–H and O–H groups in total. The van der Waals surface area contributed by atoms with Crippen molar-refractivity contribution in [1.82, 2.24) is 0 Å². The summed E-state index contributed by atoms with van der Waals surface area (Å²) in [4.78, 5) is 0. The van der Waals surface area contributed by atoms with E-state index in [1.54, 1.807) is 24.3 Å². The molecule has 1 rings (SSSR count). The number of rotatable bonds is 1. The Balaban J connectivity index is 0.000000810. The predicted molar refractivity (Wildman–Crippen MR) is 36.0 cm³/mol. The second-order valence-corrected chi connectivity index (χ2v) is 1.70. The fraction of sp³-hybridized carbons (Fsp3) is 0. The molecule has 10 heavy (non-hydrogen) atoms. The standard InChI is InChI=1S/C7H7NO.Cu/c8-5-6-3-1-2-4-7(6)9;/h1-5,8-9H;. The Bertz CT molecular complexity index is 225. The summed E-state index contributed by atoms with van der Waals surface area (Å²) in [5.74, 6) is 0.160. The third kappa shape index (κ3) is 1.86. The van der Waals surface area contributed by atoms with Gasteiger partial charge >= 0.3 is 0 Å². The van der Waals surface area contributed by atoms with Gasteiger partial charge in [0, 0.05) is 28.8 Å². The molecule has 0 aromatic heterocycles. The summed E-state index contributed by atoms with van der Waals surface area (Å²) in [5.41, 5.74) is 0.553. The molecule has 1 aromatic rings. The molecule has 2 nitrogen and oxygen atoms in total. The van der Waals surface area contributed by atoms with Crippen molar-refractivity contribution in [2.45, 2.75) is 0 Å². The van der Waals surface area contributed by atoms with Gasteiger partial charge in [-0.15, -0.1) is 0 Å². The quantitative estimate of drug-likeness (QED) is 0.503. The number of hydrogen-bond acceptors (Lipinski definition) is 2. The first-order valence-corrected chi connectivity index (χ1v) is 2.63. The van der Waals surface area contributed by atoms with Crippen LogP contribution in [0.2, 0.25) is 0 Å². The maximum absolute atomic E-state index is 8.96. The van der Waals surface area contributed by atoms with Crippen molar-refractivity contribution in [3.05, 3.63) is 29.8 Å². The van der Waals surface area contributed by atoms with Crippen molar-refractivity contribution in [2.75, 3.05) is 0 Å². The zero-order valence-corrected chi connectivity index (χ0v) is 6.08. The number of phenolic OH excluding ortho intramolecular Hbond substituents is 1. The molecule has 0 spiro atoms. The predicted octanol–water partition coefficient (Wildman–Crippen LogP) is 1.39. The normalized spacial score (nSPS) is 8.00. The first-order valence-electron chi connectivity index (χ1n) is 2.63.